The summed E-state index contributed by atoms with van der Waals surface area (Å²) in [6, 6.07) is 18.9. The van der Waals surface area contributed by atoms with E-state index in [1.54, 1.807) is 66.4 Å². The molecular formula is C24H20BrCl2NO4. The summed E-state index contributed by atoms with van der Waals surface area (Å²) >= 11 is 15.7. The number of ether oxygens (including phenoxy) is 2. The Hall–Kier alpha value is -2.54. The predicted octanol–water partition coefficient (Wildman–Crippen LogP) is 6.54. The maximum absolute atomic E-state index is 13.1. The third-order valence-electron chi connectivity index (χ3n) is 4.51. The van der Waals surface area contributed by atoms with Gasteiger partial charge in [-0.1, -0.05) is 45.2 Å². The Morgan fingerprint density at radius 1 is 0.969 bits per heavy atom. The Morgan fingerprint density at radius 3 is 2.28 bits per heavy atom. The van der Waals surface area contributed by atoms with Crippen molar-refractivity contribution < 1.29 is 19.1 Å². The molecule has 0 atom stereocenters. The van der Waals surface area contributed by atoms with E-state index < -0.39 is 5.97 Å². The number of carbonyl (C=O) groups excluding carboxylic acids is 2. The van der Waals surface area contributed by atoms with Crippen LogP contribution < -0.4 is 9.64 Å². The lowest BCUT2D eigenvalue weighted by Crippen LogP contribution is -2.34. The van der Waals surface area contributed by atoms with E-state index in [2.05, 4.69) is 15.9 Å². The van der Waals surface area contributed by atoms with Gasteiger partial charge in [0, 0.05) is 20.2 Å². The van der Waals surface area contributed by atoms with E-state index in [9.17, 15) is 9.59 Å². The van der Waals surface area contributed by atoms with Crippen molar-refractivity contribution in [1.82, 2.24) is 0 Å². The molecule has 0 saturated heterocycles. The molecule has 0 unspecified atom stereocenters. The Morgan fingerprint density at radius 2 is 1.66 bits per heavy atom. The van der Waals surface area contributed by atoms with Crippen molar-refractivity contribution in [3.05, 3.63) is 92.4 Å². The van der Waals surface area contributed by atoms with E-state index in [1.807, 2.05) is 12.1 Å². The van der Waals surface area contributed by atoms with Crippen LogP contribution in [0.4, 0.5) is 5.69 Å². The summed E-state index contributed by atoms with van der Waals surface area (Å²) in [6.45, 7) is 2.06. The van der Waals surface area contributed by atoms with Crippen LogP contribution in [0.2, 0.25) is 10.0 Å². The Labute approximate surface area is 205 Å². The molecule has 1 amide bonds. The fourth-order valence-electron chi connectivity index (χ4n) is 2.89. The van der Waals surface area contributed by atoms with Crippen molar-refractivity contribution in [2.45, 2.75) is 13.5 Å². The number of esters is 1. The van der Waals surface area contributed by atoms with E-state index in [0.717, 1.165) is 10.0 Å². The van der Waals surface area contributed by atoms with Gasteiger partial charge in [-0.25, -0.2) is 4.79 Å². The molecule has 0 spiro atoms. The van der Waals surface area contributed by atoms with E-state index in [0.29, 0.717) is 27.0 Å². The second-order valence-corrected chi connectivity index (χ2v) is 8.48. The zero-order valence-corrected chi connectivity index (χ0v) is 20.3. The summed E-state index contributed by atoms with van der Waals surface area (Å²) in [5, 5.41) is 0.959. The van der Waals surface area contributed by atoms with Crippen LogP contribution in [0.5, 0.6) is 5.75 Å². The van der Waals surface area contributed by atoms with Crippen LogP contribution in [0.1, 0.15) is 22.8 Å². The maximum Gasteiger partial charge on any atom is 0.338 e. The lowest BCUT2D eigenvalue weighted by molar-refractivity contribution is -0.120. The molecule has 32 heavy (non-hydrogen) atoms. The summed E-state index contributed by atoms with van der Waals surface area (Å²) < 4.78 is 11.6. The third kappa shape index (κ3) is 6.48. The quantitative estimate of drug-likeness (QED) is 0.306. The molecule has 0 fully saturated rings. The molecule has 0 saturated carbocycles. The minimum absolute atomic E-state index is 0.174. The summed E-state index contributed by atoms with van der Waals surface area (Å²) in [7, 11) is 0. The highest BCUT2D eigenvalue weighted by Gasteiger charge is 2.19. The first kappa shape index (κ1) is 24.1. The van der Waals surface area contributed by atoms with Gasteiger partial charge in [-0.05, 0) is 73.2 Å². The van der Waals surface area contributed by atoms with Crippen molar-refractivity contribution >= 4 is 56.7 Å². The van der Waals surface area contributed by atoms with Crippen LogP contribution >= 0.6 is 39.1 Å². The Balaban J connectivity index is 1.83. The van der Waals surface area contributed by atoms with Gasteiger partial charge in [0.2, 0.25) is 0 Å². The molecule has 3 aromatic carbocycles. The van der Waals surface area contributed by atoms with Crippen LogP contribution in [-0.4, -0.2) is 25.1 Å². The van der Waals surface area contributed by atoms with Crippen molar-refractivity contribution in [1.29, 1.82) is 0 Å². The number of hydrogen-bond donors (Lipinski definition) is 0. The summed E-state index contributed by atoms with van der Waals surface area (Å²) in [5.74, 6) is -0.122. The standard InChI is InChI=1S/C24H20BrCl2NO4/c1-2-31-24(30)16-4-9-20(10-5-16)28(14-17-3-8-19(26)13-22(17)27)23(29)15-32-21-11-6-18(25)7-12-21/h3-13H,2,14-15H2,1H3. The number of rotatable bonds is 8. The number of carbonyl (C=O) groups is 2. The van der Waals surface area contributed by atoms with Crippen LogP contribution in [0, 0.1) is 0 Å². The van der Waals surface area contributed by atoms with Crippen LogP contribution in [0.3, 0.4) is 0 Å². The number of hydrogen-bond acceptors (Lipinski definition) is 4. The smallest absolute Gasteiger partial charge is 0.338 e. The van der Waals surface area contributed by atoms with Crippen molar-refractivity contribution in [3.63, 3.8) is 0 Å². The molecule has 3 aromatic rings. The Kier molecular flexibility index (Phi) is 8.56. The summed E-state index contributed by atoms with van der Waals surface area (Å²) in [5.41, 5.74) is 1.72. The summed E-state index contributed by atoms with van der Waals surface area (Å²) in [4.78, 5) is 26.6. The molecule has 0 heterocycles. The van der Waals surface area contributed by atoms with Crippen molar-refractivity contribution in [2.75, 3.05) is 18.1 Å². The molecule has 8 heteroatoms. The second-order valence-electron chi connectivity index (χ2n) is 6.73. The van der Waals surface area contributed by atoms with Crippen LogP contribution in [0.25, 0.3) is 0 Å². The van der Waals surface area contributed by atoms with E-state index in [4.69, 9.17) is 32.7 Å². The first-order chi connectivity index (χ1) is 15.4. The largest absolute Gasteiger partial charge is 0.484 e. The van der Waals surface area contributed by atoms with Gasteiger partial charge in [0.15, 0.2) is 6.61 Å². The van der Waals surface area contributed by atoms with Gasteiger partial charge in [-0.3, -0.25) is 4.79 Å². The summed E-state index contributed by atoms with van der Waals surface area (Å²) in [6.07, 6.45) is 0. The molecule has 0 N–H and O–H groups in total. The monoisotopic (exact) mass is 535 g/mol. The molecule has 166 valence electrons. The predicted molar refractivity (Wildman–Crippen MR) is 130 cm³/mol. The van der Waals surface area contributed by atoms with Gasteiger partial charge in [0.05, 0.1) is 18.7 Å². The van der Waals surface area contributed by atoms with E-state index in [-0.39, 0.29) is 25.7 Å². The van der Waals surface area contributed by atoms with Crippen molar-refractivity contribution in [2.24, 2.45) is 0 Å². The van der Waals surface area contributed by atoms with Gasteiger partial charge in [0.1, 0.15) is 5.75 Å². The molecule has 0 aliphatic rings. The fourth-order valence-corrected chi connectivity index (χ4v) is 3.62. The number of anilines is 1. The second kappa shape index (κ2) is 11.4. The molecular weight excluding hydrogens is 517 g/mol. The zero-order chi connectivity index (χ0) is 23.1. The zero-order valence-electron chi connectivity index (χ0n) is 17.2. The molecule has 0 bridgehead atoms. The highest BCUT2D eigenvalue weighted by molar-refractivity contribution is 9.10. The molecule has 0 aliphatic carbocycles. The fraction of sp³-hybridized carbons (Fsp3) is 0.167. The van der Waals surface area contributed by atoms with Gasteiger partial charge >= 0.3 is 5.97 Å². The molecule has 0 aromatic heterocycles. The minimum atomic E-state index is -0.420. The Bertz CT molecular complexity index is 1090. The van der Waals surface area contributed by atoms with Crippen LogP contribution in [0.15, 0.2) is 71.2 Å². The number of halogens is 3. The van der Waals surface area contributed by atoms with Gasteiger partial charge in [-0.15, -0.1) is 0 Å². The molecule has 0 aliphatic heterocycles. The molecule has 0 radical (unpaired) electrons. The first-order valence-electron chi connectivity index (χ1n) is 9.77. The SMILES string of the molecule is CCOC(=O)c1ccc(N(Cc2ccc(Cl)cc2Cl)C(=O)COc2ccc(Br)cc2)cc1. The first-order valence-corrected chi connectivity index (χ1v) is 11.3. The lowest BCUT2D eigenvalue weighted by Gasteiger charge is -2.24. The topological polar surface area (TPSA) is 55.8 Å². The van der Waals surface area contributed by atoms with Gasteiger partial charge in [0.25, 0.3) is 5.91 Å². The third-order valence-corrected chi connectivity index (χ3v) is 5.63. The van der Waals surface area contributed by atoms with Gasteiger partial charge in [-0.2, -0.15) is 0 Å². The van der Waals surface area contributed by atoms with E-state index >= 15 is 0 Å². The number of benzene rings is 3. The van der Waals surface area contributed by atoms with Crippen LogP contribution in [-0.2, 0) is 16.1 Å². The van der Waals surface area contributed by atoms with Crippen molar-refractivity contribution in [3.8, 4) is 5.75 Å². The molecule has 5 nitrogen and oxygen atoms in total. The lowest BCUT2D eigenvalue weighted by atomic mass is 10.1. The maximum atomic E-state index is 13.1. The highest BCUT2D eigenvalue weighted by atomic mass is 79.9. The normalized spacial score (nSPS) is 10.5. The average Bonchev–Trinajstić information content (AvgIpc) is 2.78. The minimum Gasteiger partial charge on any atom is -0.484 e. The number of nitrogens with zero attached hydrogens (tertiary/aromatic N) is 1. The van der Waals surface area contributed by atoms with E-state index in [1.165, 1.54) is 0 Å². The number of amides is 1. The highest BCUT2D eigenvalue weighted by Crippen LogP contribution is 2.26. The van der Waals surface area contributed by atoms with Gasteiger partial charge < -0.3 is 14.4 Å². The average molecular weight is 537 g/mol. The molecule has 3 rings (SSSR count).